The van der Waals surface area contributed by atoms with Crippen molar-refractivity contribution in [1.29, 1.82) is 0 Å². The molecule has 14 heavy (non-hydrogen) atoms. The average molecular weight is 205 g/mol. The zero-order valence-electron chi connectivity index (χ0n) is 6.78. The van der Waals surface area contributed by atoms with Gasteiger partial charge in [0.2, 0.25) is 5.91 Å². The maximum atomic E-state index is 11.1. The van der Waals surface area contributed by atoms with Crippen molar-refractivity contribution in [2.75, 3.05) is 0 Å². The van der Waals surface area contributed by atoms with E-state index in [2.05, 4.69) is 18.8 Å². The van der Waals surface area contributed by atoms with Gasteiger partial charge >= 0.3 is 0 Å². The van der Waals surface area contributed by atoms with Crippen LogP contribution in [0.1, 0.15) is 10.4 Å². The number of nitrogens with zero attached hydrogens (tertiary/aromatic N) is 5. The van der Waals surface area contributed by atoms with Gasteiger partial charge in [-0.25, -0.2) is 0 Å². The first-order valence-electron chi connectivity index (χ1n) is 3.63. The molecule has 0 aliphatic rings. The topological polar surface area (TPSA) is 91.6 Å². The summed E-state index contributed by atoms with van der Waals surface area (Å²) >= 11 is 1.07. The number of aromatic nitrogens is 2. The fraction of sp³-hybridized carbons (Fsp3) is 0. The molecule has 1 amide bonds. The fourth-order valence-electron chi connectivity index (χ4n) is 1.01. The molecule has 0 aliphatic carbocycles. The number of amides is 1. The van der Waals surface area contributed by atoms with Crippen molar-refractivity contribution in [3.05, 3.63) is 34.2 Å². The lowest BCUT2D eigenvalue weighted by atomic mass is 10.2. The Morgan fingerprint density at radius 3 is 3.00 bits per heavy atom. The van der Waals surface area contributed by atoms with Crippen molar-refractivity contribution >= 4 is 28.7 Å². The highest BCUT2D eigenvalue weighted by molar-refractivity contribution is 7.00. The largest absolute Gasteiger partial charge is 0.287 e. The van der Waals surface area contributed by atoms with Crippen LogP contribution in [-0.2, 0) is 0 Å². The second kappa shape index (κ2) is 3.41. The van der Waals surface area contributed by atoms with Gasteiger partial charge in [-0.1, -0.05) is 0 Å². The molecule has 0 fully saturated rings. The zero-order chi connectivity index (χ0) is 9.97. The molecule has 2 rings (SSSR count). The Morgan fingerprint density at radius 2 is 2.21 bits per heavy atom. The van der Waals surface area contributed by atoms with Crippen LogP contribution in [0.15, 0.2) is 23.3 Å². The maximum absolute atomic E-state index is 11.1. The molecular weight excluding hydrogens is 202 g/mol. The lowest BCUT2D eigenvalue weighted by Gasteiger charge is -1.92. The highest BCUT2D eigenvalue weighted by Crippen LogP contribution is 2.14. The van der Waals surface area contributed by atoms with Crippen LogP contribution in [0.2, 0.25) is 0 Å². The number of fused-ring (bicyclic) bond motifs is 1. The third-order valence-electron chi connectivity index (χ3n) is 1.64. The van der Waals surface area contributed by atoms with Crippen LogP contribution in [0, 0.1) is 0 Å². The van der Waals surface area contributed by atoms with Gasteiger partial charge in [-0.3, -0.25) is 4.79 Å². The minimum Gasteiger partial charge on any atom is -0.287 e. The molecule has 0 bridgehead atoms. The molecule has 0 spiro atoms. The number of carbonyl (C=O) groups is 1. The minimum atomic E-state index is -0.609. The van der Waals surface area contributed by atoms with E-state index in [1.807, 2.05) is 0 Å². The SMILES string of the molecule is [N-]=[N+]=NC(=O)c1ccc2nsnc2c1. The molecule has 1 heterocycles. The van der Waals surface area contributed by atoms with Crippen molar-refractivity contribution in [3.8, 4) is 0 Å². The standard InChI is InChI=1S/C7H3N5OS/c8-12-9-7(13)4-1-2-5-6(3-4)11-14-10-5/h1-3H. The Morgan fingerprint density at radius 1 is 1.43 bits per heavy atom. The van der Waals surface area contributed by atoms with Crippen LogP contribution in [-0.4, -0.2) is 14.7 Å². The lowest BCUT2D eigenvalue weighted by Crippen LogP contribution is -1.92. The Bertz CT molecular complexity index is 542. The van der Waals surface area contributed by atoms with Crippen LogP contribution >= 0.6 is 11.7 Å². The van der Waals surface area contributed by atoms with Crippen LogP contribution in [0.25, 0.3) is 21.5 Å². The summed E-state index contributed by atoms with van der Waals surface area (Å²) in [4.78, 5) is 13.6. The first-order valence-corrected chi connectivity index (χ1v) is 4.36. The van der Waals surface area contributed by atoms with Gasteiger partial charge in [0.25, 0.3) is 0 Å². The van der Waals surface area contributed by atoms with Gasteiger partial charge in [0, 0.05) is 10.5 Å². The van der Waals surface area contributed by atoms with Gasteiger partial charge in [0.05, 0.1) is 11.7 Å². The number of benzene rings is 1. The normalized spacial score (nSPS) is 9.71. The van der Waals surface area contributed by atoms with Gasteiger partial charge in [0.15, 0.2) is 0 Å². The molecule has 0 N–H and O–H groups in total. The predicted molar refractivity (Wildman–Crippen MR) is 50.9 cm³/mol. The Kier molecular flexibility index (Phi) is 2.10. The maximum Gasteiger partial charge on any atom is 0.249 e. The summed E-state index contributed by atoms with van der Waals surface area (Å²) in [6.07, 6.45) is 0. The molecule has 0 aliphatic heterocycles. The van der Waals surface area contributed by atoms with Crippen LogP contribution in [0.3, 0.4) is 0 Å². The van der Waals surface area contributed by atoms with E-state index < -0.39 is 5.91 Å². The first-order chi connectivity index (χ1) is 6.81. The number of hydrogen-bond acceptors (Lipinski definition) is 4. The third kappa shape index (κ3) is 1.41. The second-order valence-corrected chi connectivity index (χ2v) is 2.99. The summed E-state index contributed by atoms with van der Waals surface area (Å²) in [5.41, 5.74) is 9.77. The number of carbonyl (C=O) groups excluding carboxylic acids is 1. The molecule has 6 nitrogen and oxygen atoms in total. The van der Waals surface area contributed by atoms with Gasteiger partial charge < -0.3 is 0 Å². The predicted octanol–water partition coefficient (Wildman–Crippen LogP) is 2.14. The average Bonchev–Trinajstić information content (AvgIpc) is 2.64. The Balaban J connectivity index is 2.53. The van der Waals surface area contributed by atoms with Crippen LogP contribution in [0.4, 0.5) is 0 Å². The van der Waals surface area contributed by atoms with Crippen molar-refractivity contribution in [2.45, 2.75) is 0 Å². The summed E-state index contributed by atoms with van der Waals surface area (Å²) in [6.45, 7) is 0. The first kappa shape index (κ1) is 8.61. The highest BCUT2D eigenvalue weighted by atomic mass is 32.1. The molecule has 0 atom stereocenters. The number of rotatable bonds is 1. The monoisotopic (exact) mass is 205 g/mol. The van der Waals surface area contributed by atoms with E-state index in [1.165, 1.54) is 0 Å². The second-order valence-electron chi connectivity index (χ2n) is 2.46. The molecular formula is C7H3N5OS. The van der Waals surface area contributed by atoms with E-state index in [0.29, 0.717) is 11.1 Å². The number of azide groups is 1. The van der Waals surface area contributed by atoms with Gasteiger partial charge in [-0.15, -0.1) is 0 Å². The minimum absolute atomic E-state index is 0.322. The summed E-state index contributed by atoms with van der Waals surface area (Å²) < 4.78 is 7.95. The highest BCUT2D eigenvalue weighted by Gasteiger charge is 2.05. The third-order valence-corrected chi connectivity index (χ3v) is 2.19. The molecule has 0 radical (unpaired) electrons. The molecule has 0 saturated carbocycles. The number of hydrogen-bond donors (Lipinski definition) is 0. The van der Waals surface area contributed by atoms with Crippen LogP contribution in [0.5, 0.6) is 0 Å². The van der Waals surface area contributed by atoms with Crippen molar-refractivity contribution < 1.29 is 4.79 Å². The zero-order valence-corrected chi connectivity index (χ0v) is 7.60. The molecule has 1 aromatic heterocycles. The Labute approximate surface area is 82.1 Å². The smallest absolute Gasteiger partial charge is 0.249 e. The van der Waals surface area contributed by atoms with E-state index in [1.54, 1.807) is 18.2 Å². The quantitative estimate of drug-likeness (QED) is 0.405. The van der Waals surface area contributed by atoms with Gasteiger partial charge in [0.1, 0.15) is 11.0 Å². The molecule has 68 valence electrons. The van der Waals surface area contributed by atoms with E-state index in [4.69, 9.17) is 5.53 Å². The van der Waals surface area contributed by atoms with E-state index in [-0.39, 0.29) is 0 Å². The molecule has 0 unspecified atom stereocenters. The van der Waals surface area contributed by atoms with E-state index in [0.717, 1.165) is 17.2 Å². The molecule has 2 aromatic rings. The van der Waals surface area contributed by atoms with E-state index >= 15 is 0 Å². The lowest BCUT2D eigenvalue weighted by molar-refractivity contribution is 0.100. The van der Waals surface area contributed by atoms with Gasteiger partial charge in [-0.05, 0) is 28.8 Å². The van der Waals surface area contributed by atoms with Crippen LogP contribution < -0.4 is 0 Å². The molecule has 1 aromatic carbocycles. The summed E-state index contributed by atoms with van der Waals surface area (Å²) in [5.74, 6) is -0.609. The van der Waals surface area contributed by atoms with Crippen molar-refractivity contribution in [3.63, 3.8) is 0 Å². The summed E-state index contributed by atoms with van der Waals surface area (Å²) in [7, 11) is 0. The summed E-state index contributed by atoms with van der Waals surface area (Å²) in [5, 5.41) is 2.98. The molecule has 0 saturated heterocycles. The summed E-state index contributed by atoms with van der Waals surface area (Å²) in [6, 6.07) is 4.77. The van der Waals surface area contributed by atoms with Gasteiger partial charge in [-0.2, -0.15) is 8.75 Å². The van der Waals surface area contributed by atoms with E-state index in [9.17, 15) is 4.79 Å². The Hall–Kier alpha value is -1.98. The van der Waals surface area contributed by atoms with Crippen molar-refractivity contribution in [2.24, 2.45) is 5.11 Å². The molecule has 7 heteroatoms. The fourth-order valence-corrected chi connectivity index (χ4v) is 1.53. The van der Waals surface area contributed by atoms with Crippen molar-refractivity contribution in [1.82, 2.24) is 8.75 Å².